The second kappa shape index (κ2) is 7.23. The first-order valence-corrected chi connectivity index (χ1v) is 6.77. The summed E-state index contributed by atoms with van der Waals surface area (Å²) in [6.45, 7) is 3.36. The quantitative estimate of drug-likeness (QED) is 0.793. The Morgan fingerprint density at radius 1 is 1.20 bits per heavy atom. The summed E-state index contributed by atoms with van der Waals surface area (Å²) in [5.74, 6) is -4.44. The number of halogens is 2. The van der Waals surface area contributed by atoms with Gasteiger partial charge in [0.1, 0.15) is 6.04 Å². The molecule has 1 atom stereocenters. The van der Waals surface area contributed by atoms with Gasteiger partial charge in [-0.1, -0.05) is 25.6 Å². The van der Waals surface area contributed by atoms with Crippen LogP contribution in [0.4, 0.5) is 8.78 Å². The van der Waals surface area contributed by atoms with Crippen LogP contribution in [0.15, 0.2) is 29.2 Å². The number of rotatable bonds is 6. The molecule has 0 aromatic heterocycles. The molecule has 0 aliphatic heterocycles. The molecule has 2 N–H and O–H groups in total. The van der Waals surface area contributed by atoms with E-state index in [9.17, 15) is 18.4 Å². The van der Waals surface area contributed by atoms with E-state index in [0.717, 1.165) is 0 Å². The topological polar surface area (TPSA) is 66.4 Å². The van der Waals surface area contributed by atoms with Crippen LogP contribution in [-0.2, 0) is 4.79 Å². The van der Waals surface area contributed by atoms with Gasteiger partial charge in [0.15, 0.2) is 0 Å². The number of hydrogen-bond donors (Lipinski definition) is 2. The van der Waals surface area contributed by atoms with Gasteiger partial charge in [0.25, 0.3) is 11.7 Å². The molecule has 1 unspecified atom stereocenters. The number of carboxylic acids is 1. The number of alkyl halides is 2. The SMILES string of the molecule is CC(C)C(NC(=O)c1ccc(SC(F)F)cc1)C(=O)O. The molecule has 0 aliphatic rings. The molecule has 1 rings (SSSR count). The van der Waals surface area contributed by atoms with Gasteiger partial charge in [-0.25, -0.2) is 4.79 Å². The molecular formula is C13H15F2NO3S. The fourth-order valence-corrected chi connectivity index (χ4v) is 2.02. The van der Waals surface area contributed by atoms with E-state index in [4.69, 9.17) is 5.11 Å². The van der Waals surface area contributed by atoms with E-state index in [0.29, 0.717) is 16.7 Å². The van der Waals surface area contributed by atoms with Gasteiger partial charge in [0.05, 0.1) is 0 Å². The lowest BCUT2D eigenvalue weighted by Gasteiger charge is -2.17. The van der Waals surface area contributed by atoms with Crippen molar-refractivity contribution in [3.63, 3.8) is 0 Å². The minimum Gasteiger partial charge on any atom is -0.480 e. The molecule has 1 amide bonds. The largest absolute Gasteiger partial charge is 0.480 e. The summed E-state index contributed by atoms with van der Waals surface area (Å²) < 4.78 is 24.3. The van der Waals surface area contributed by atoms with Gasteiger partial charge in [0, 0.05) is 10.5 Å². The average molecular weight is 303 g/mol. The first-order valence-electron chi connectivity index (χ1n) is 5.89. The van der Waals surface area contributed by atoms with E-state index in [1.807, 2.05) is 0 Å². The minimum absolute atomic E-state index is 0.232. The number of carbonyl (C=O) groups is 2. The summed E-state index contributed by atoms with van der Waals surface area (Å²) >= 11 is 0.383. The second-order valence-corrected chi connectivity index (χ2v) is 5.50. The molecule has 110 valence electrons. The summed E-state index contributed by atoms with van der Waals surface area (Å²) in [6.07, 6.45) is 0. The smallest absolute Gasteiger partial charge is 0.326 e. The van der Waals surface area contributed by atoms with Gasteiger partial charge in [-0.15, -0.1) is 0 Å². The molecule has 7 heteroatoms. The number of carboxylic acid groups (broad SMARTS) is 1. The number of nitrogens with one attached hydrogen (secondary N) is 1. The lowest BCUT2D eigenvalue weighted by Crippen LogP contribution is -2.44. The number of hydrogen-bond acceptors (Lipinski definition) is 3. The monoisotopic (exact) mass is 303 g/mol. The lowest BCUT2D eigenvalue weighted by molar-refractivity contribution is -0.140. The molecule has 0 spiro atoms. The molecule has 0 saturated carbocycles. The van der Waals surface area contributed by atoms with E-state index in [-0.39, 0.29) is 11.5 Å². The number of benzene rings is 1. The van der Waals surface area contributed by atoms with Crippen LogP contribution in [0.3, 0.4) is 0 Å². The second-order valence-electron chi connectivity index (χ2n) is 4.44. The van der Waals surface area contributed by atoms with Crippen LogP contribution in [0.25, 0.3) is 0 Å². The van der Waals surface area contributed by atoms with Crippen molar-refractivity contribution in [1.29, 1.82) is 0 Å². The van der Waals surface area contributed by atoms with E-state index >= 15 is 0 Å². The van der Waals surface area contributed by atoms with E-state index in [1.54, 1.807) is 13.8 Å². The molecule has 4 nitrogen and oxygen atoms in total. The molecule has 0 saturated heterocycles. The first kappa shape index (κ1) is 16.4. The van der Waals surface area contributed by atoms with Gasteiger partial charge in [-0.3, -0.25) is 4.79 Å². The number of aliphatic carboxylic acids is 1. The number of thioether (sulfide) groups is 1. The molecule has 0 aliphatic carbocycles. The Morgan fingerprint density at radius 2 is 1.75 bits per heavy atom. The molecule has 20 heavy (non-hydrogen) atoms. The Hall–Kier alpha value is -1.63. The summed E-state index contributed by atoms with van der Waals surface area (Å²) in [4.78, 5) is 23.2. The molecular weight excluding hydrogens is 288 g/mol. The summed E-state index contributed by atoms with van der Waals surface area (Å²) in [6, 6.07) is 4.59. The van der Waals surface area contributed by atoms with Crippen LogP contribution >= 0.6 is 11.8 Å². The summed E-state index contributed by atoms with van der Waals surface area (Å²) in [5.41, 5.74) is 0.232. The fraction of sp³-hybridized carbons (Fsp3) is 0.385. The predicted octanol–water partition coefficient (Wildman–Crippen LogP) is 2.84. The molecule has 0 bridgehead atoms. The Bertz CT molecular complexity index is 477. The van der Waals surface area contributed by atoms with Crippen LogP contribution in [0.1, 0.15) is 24.2 Å². The standard InChI is InChI=1S/C13H15F2NO3S/c1-7(2)10(12(18)19)16-11(17)8-3-5-9(6-4-8)20-13(14)15/h3-7,10,13H,1-2H3,(H,16,17)(H,18,19). The summed E-state index contributed by atoms with van der Waals surface area (Å²) in [7, 11) is 0. The Labute approximate surface area is 119 Å². The zero-order valence-electron chi connectivity index (χ0n) is 11.0. The van der Waals surface area contributed by atoms with Crippen molar-refractivity contribution in [3.05, 3.63) is 29.8 Å². The van der Waals surface area contributed by atoms with Crippen molar-refractivity contribution in [2.45, 2.75) is 30.5 Å². The lowest BCUT2D eigenvalue weighted by atomic mass is 10.0. The Morgan fingerprint density at radius 3 is 2.15 bits per heavy atom. The zero-order valence-corrected chi connectivity index (χ0v) is 11.8. The molecule has 0 heterocycles. The van der Waals surface area contributed by atoms with Gasteiger partial charge in [-0.2, -0.15) is 8.78 Å². The number of amides is 1. The highest BCUT2D eigenvalue weighted by atomic mass is 32.2. The molecule has 1 aromatic carbocycles. The van der Waals surface area contributed by atoms with Crippen molar-refractivity contribution in [3.8, 4) is 0 Å². The third-order valence-corrected chi connectivity index (χ3v) is 3.28. The van der Waals surface area contributed by atoms with Crippen molar-refractivity contribution in [2.24, 2.45) is 5.92 Å². The van der Waals surface area contributed by atoms with Gasteiger partial charge < -0.3 is 10.4 Å². The third kappa shape index (κ3) is 4.80. The van der Waals surface area contributed by atoms with Crippen LogP contribution in [0, 0.1) is 5.92 Å². The van der Waals surface area contributed by atoms with Crippen molar-refractivity contribution in [2.75, 3.05) is 0 Å². The zero-order chi connectivity index (χ0) is 15.3. The minimum atomic E-state index is -2.52. The van der Waals surface area contributed by atoms with Crippen molar-refractivity contribution in [1.82, 2.24) is 5.32 Å². The maximum absolute atomic E-state index is 12.1. The van der Waals surface area contributed by atoms with E-state index in [1.165, 1.54) is 24.3 Å². The van der Waals surface area contributed by atoms with E-state index in [2.05, 4.69) is 5.32 Å². The van der Waals surface area contributed by atoms with Gasteiger partial charge in [0.2, 0.25) is 0 Å². The fourth-order valence-electron chi connectivity index (χ4n) is 1.53. The first-order chi connectivity index (χ1) is 9.31. The van der Waals surface area contributed by atoms with Crippen LogP contribution in [0.5, 0.6) is 0 Å². The van der Waals surface area contributed by atoms with Crippen molar-refractivity contribution >= 4 is 23.6 Å². The van der Waals surface area contributed by atoms with Crippen LogP contribution < -0.4 is 5.32 Å². The summed E-state index contributed by atoms with van der Waals surface area (Å²) in [5, 5.41) is 11.4. The highest BCUT2D eigenvalue weighted by Gasteiger charge is 2.23. The third-order valence-electron chi connectivity index (χ3n) is 2.56. The van der Waals surface area contributed by atoms with E-state index < -0.39 is 23.7 Å². The maximum Gasteiger partial charge on any atom is 0.326 e. The Balaban J connectivity index is 2.74. The van der Waals surface area contributed by atoms with Crippen molar-refractivity contribution < 1.29 is 23.5 Å². The highest BCUT2D eigenvalue weighted by Crippen LogP contribution is 2.25. The van der Waals surface area contributed by atoms with Gasteiger partial charge in [-0.05, 0) is 30.2 Å². The predicted molar refractivity (Wildman–Crippen MR) is 72.0 cm³/mol. The molecule has 1 aromatic rings. The average Bonchev–Trinajstić information content (AvgIpc) is 2.35. The Kier molecular flexibility index (Phi) is 5.94. The molecule has 0 fully saturated rings. The molecule has 0 radical (unpaired) electrons. The normalized spacial score (nSPS) is 12.5. The van der Waals surface area contributed by atoms with Crippen LogP contribution in [0.2, 0.25) is 0 Å². The highest BCUT2D eigenvalue weighted by molar-refractivity contribution is 7.99. The number of carbonyl (C=O) groups excluding carboxylic acids is 1. The maximum atomic E-state index is 12.1. The van der Waals surface area contributed by atoms with Gasteiger partial charge >= 0.3 is 5.97 Å². The van der Waals surface area contributed by atoms with Crippen LogP contribution in [-0.4, -0.2) is 28.8 Å².